The number of aliphatic hydroxyl groups is 1. The van der Waals surface area contributed by atoms with Crippen molar-refractivity contribution in [3.63, 3.8) is 0 Å². The number of nitrogens with zero attached hydrogens (tertiary/aromatic N) is 1. The Kier molecular flexibility index (Phi) is 6.46. The summed E-state index contributed by atoms with van der Waals surface area (Å²) in [5.41, 5.74) is 0.498. The van der Waals surface area contributed by atoms with Gasteiger partial charge in [0.2, 0.25) is 0 Å². The predicted octanol–water partition coefficient (Wildman–Crippen LogP) is 5.58. The van der Waals surface area contributed by atoms with Gasteiger partial charge in [0, 0.05) is 22.3 Å². The SMILES string of the molecule is CC(C)(C)NC(=O)C(C=Nc1ccc(Cl)cc1)=C(O)c1ccccc1Cl. The Morgan fingerprint density at radius 2 is 1.69 bits per heavy atom. The van der Waals surface area contributed by atoms with Gasteiger partial charge in [-0.3, -0.25) is 9.79 Å². The van der Waals surface area contributed by atoms with E-state index in [1.165, 1.54) is 6.21 Å². The molecule has 0 radical (unpaired) electrons. The highest BCUT2D eigenvalue weighted by Crippen LogP contribution is 2.25. The number of halogens is 2. The molecule has 26 heavy (non-hydrogen) atoms. The minimum Gasteiger partial charge on any atom is -0.506 e. The van der Waals surface area contributed by atoms with Crippen LogP contribution in [0.5, 0.6) is 0 Å². The summed E-state index contributed by atoms with van der Waals surface area (Å²) in [6.45, 7) is 5.56. The van der Waals surface area contributed by atoms with Gasteiger partial charge in [-0.05, 0) is 57.2 Å². The van der Waals surface area contributed by atoms with Gasteiger partial charge in [0.25, 0.3) is 5.91 Å². The Morgan fingerprint density at radius 1 is 1.08 bits per heavy atom. The minimum atomic E-state index is -0.475. The summed E-state index contributed by atoms with van der Waals surface area (Å²) in [5.74, 6) is -0.692. The highest BCUT2D eigenvalue weighted by atomic mass is 35.5. The number of nitrogens with one attached hydrogen (secondary N) is 1. The molecule has 136 valence electrons. The van der Waals surface area contributed by atoms with Crippen LogP contribution >= 0.6 is 23.2 Å². The topological polar surface area (TPSA) is 61.7 Å². The largest absolute Gasteiger partial charge is 0.506 e. The second-order valence-electron chi connectivity index (χ2n) is 6.68. The normalized spacial score (nSPS) is 12.8. The third-order valence-corrected chi connectivity index (χ3v) is 3.87. The number of aliphatic hydroxyl groups excluding tert-OH is 1. The fourth-order valence-corrected chi connectivity index (χ4v) is 2.45. The summed E-state index contributed by atoms with van der Waals surface area (Å²) in [6, 6.07) is 13.6. The number of hydrogen-bond donors (Lipinski definition) is 2. The number of aliphatic imine (C=N–C) groups is 1. The molecule has 0 saturated carbocycles. The van der Waals surface area contributed by atoms with Gasteiger partial charge in [0.1, 0.15) is 11.3 Å². The highest BCUT2D eigenvalue weighted by Gasteiger charge is 2.21. The van der Waals surface area contributed by atoms with Gasteiger partial charge in [0.15, 0.2) is 0 Å². The molecule has 0 unspecified atom stereocenters. The maximum absolute atomic E-state index is 12.7. The van der Waals surface area contributed by atoms with E-state index >= 15 is 0 Å². The zero-order chi connectivity index (χ0) is 19.3. The molecule has 0 saturated heterocycles. The van der Waals surface area contributed by atoms with Gasteiger partial charge >= 0.3 is 0 Å². The van der Waals surface area contributed by atoms with Crippen LogP contribution in [0.4, 0.5) is 5.69 Å². The summed E-state index contributed by atoms with van der Waals surface area (Å²) in [4.78, 5) is 16.9. The summed E-state index contributed by atoms with van der Waals surface area (Å²) in [6.07, 6.45) is 1.32. The standard InChI is InChI=1S/C20H20Cl2N2O2/c1-20(2,3)24-19(26)16(12-23-14-10-8-13(21)9-11-14)18(25)15-6-4-5-7-17(15)22/h4-12,25H,1-3H3,(H,24,26). The third-order valence-electron chi connectivity index (χ3n) is 3.29. The number of hydrogen-bond acceptors (Lipinski definition) is 3. The van der Waals surface area contributed by atoms with Gasteiger partial charge in [-0.1, -0.05) is 35.3 Å². The van der Waals surface area contributed by atoms with Crippen molar-refractivity contribution < 1.29 is 9.90 Å². The second kappa shape index (κ2) is 8.39. The first-order chi connectivity index (χ1) is 12.2. The van der Waals surface area contributed by atoms with E-state index in [0.29, 0.717) is 21.3 Å². The molecule has 2 N–H and O–H groups in total. The molecule has 2 aromatic rings. The molecule has 0 atom stereocenters. The van der Waals surface area contributed by atoms with Crippen molar-refractivity contribution in [2.75, 3.05) is 0 Å². The zero-order valence-corrected chi connectivity index (χ0v) is 16.3. The Hall–Kier alpha value is -2.30. The van der Waals surface area contributed by atoms with E-state index in [4.69, 9.17) is 23.2 Å². The Morgan fingerprint density at radius 3 is 2.27 bits per heavy atom. The second-order valence-corrected chi connectivity index (χ2v) is 7.52. The van der Waals surface area contributed by atoms with E-state index in [1.807, 2.05) is 20.8 Å². The highest BCUT2D eigenvalue weighted by molar-refractivity contribution is 6.33. The van der Waals surface area contributed by atoms with Crippen molar-refractivity contribution >= 4 is 46.8 Å². The van der Waals surface area contributed by atoms with Crippen LogP contribution in [0.25, 0.3) is 5.76 Å². The van der Waals surface area contributed by atoms with Crippen molar-refractivity contribution in [1.29, 1.82) is 0 Å². The van der Waals surface area contributed by atoms with E-state index in [9.17, 15) is 9.90 Å². The van der Waals surface area contributed by atoms with E-state index in [0.717, 1.165) is 0 Å². The quantitative estimate of drug-likeness (QED) is 0.406. The van der Waals surface area contributed by atoms with Gasteiger partial charge in [0.05, 0.1) is 10.7 Å². The number of benzene rings is 2. The lowest BCUT2D eigenvalue weighted by molar-refractivity contribution is -0.118. The number of amides is 1. The van der Waals surface area contributed by atoms with E-state index < -0.39 is 11.4 Å². The molecule has 2 rings (SSSR count). The number of rotatable bonds is 4. The maximum Gasteiger partial charge on any atom is 0.257 e. The van der Waals surface area contributed by atoms with Crippen molar-refractivity contribution in [2.24, 2.45) is 4.99 Å². The average Bonchev–Trinajstić information content (AvgIpc) is 2.55. The molecule has 0 aliphatic rings. The van der Waals surface area contributed by atoms with E-state index in [-0.39, 0.29) is 11.3 Å². The number of carbonyl (C=O) groups is 1. The molecule has 0 spiro atoms. The van der Waals surface area contributed by atoms with Gasteiger partial charge in [-0.2, -0.15) is 0 Å². The molecule has 1 amide bonds. The molecule has 0 fully saturated rings. The lowest BCUT2D eigenvalue weighted by Crippen LogP contribution is -2.41. The lowest BCUT2D eigenvalue weighted by atomic mass is 10.1. The first-order valence-electron chi connectivity index (χ1n) is 7.97. The van der Waals surface area contributed by atoms with Crippen molar-refractivity contribution in [2.45, 2.75) is 26.3 Å². The van der Waals surface area contributed by atoms with Gasteiger partial charge < -0.3 is 10.4 Å². The molecule has 6 heteroatoms. The van der Waals surface area contributed by atoms with Crippen molar-refractivity contribution in [1.82, 2.24) is 5.32 Å². The monoisotopic (exact) mass is 390 g/mol. The van der Waals surface area contributed by atoms with Crippen LogP contribution in [0.15, 0.2) is 59.1 Å². The van der Waals surface area contributed by atoms with Crippen LogP contribution in [0, 0.1) is 0 Å². The molecule has 0 aromatic heterocycles. The zero-order valence-electron chi connectivity index (χ0n) is 14.8. The van der Waals surface area contributed by atoms with E-state index in [2.05, 4.69) is 10.3 Å². The molecule has 2 aromatic carbocycles. The first-order valence-corrected chi connectivity index (χ1v) is 8.73. The predicted molar refractivity (Wildman–Crippen MR) is 109 cm³/mol. The number of carbonyl (C=O) groups excluding carboxylic acids is 1. The first kappa shape index (κ1) is 20.0. The Bertz CT molecular complexity index is 851. The van der Waals surface area contributed by atoms with Crippen LogP contribution < -0.4 is 5.32 Å². The van der Waals surface area contributed by atoms with E-state index in [1.54, 1.807) is 48.5 Å². The summed E-state index contributed by atoms with van der Waals surface area (Å²) < 4.78 is 0. The Balaban J connectivity index is 2.48. The fourth-order valence-electron chi connectivity index (χ4n) is 2.10. The molecule has 4 nitrogen and oxygen atoms in total. The maximum atomic E-state index is 12.7. The van der Waals surface area contributed by atoms with Crippen molar-refractivity contribution in [3.05, 3.63) is 69.7 Å². The lowest BCUT2D eigenvalue weighted by Gasteiger charge is -2.21. The van der Waals surface area contributed by atoms with Crippen LogP contribution in [0.2, 0.25) is 10.0 Å². The fraction of sp³-hybridized carbons (Fsp3) is 0.200. The van der Waals surface area contributed by atoms with Crippen LogP contribution in [-0.4, -0.2) is 22.8 Å². The minimum absolute atomic E-state index is 0.0166. The molecule has 0 bridgehead atoms. The smallest absolute Gasteiger partial charge is 0.257 e. The summed E-state index contributed by atoms with van der Waals surface area (Å²) in [5, 5.41) is 14.4. The molecule has 0 heterocycles. The molecule has 0 aliphatic carbocycles. The van der Waals surface area contributed by atoms with Crippen LogP contribution in [-0.2, 0) is 4.79 Å². The average molecular weight is 391 g/mol. The Labute approximate surface area is 163 Å². The van der Waals surface area contributed by atoms with Crippen LogP contribution in [0.3, 0.4) is 0 Å². The summed E-state index contributed by atoms with van der Waals surface area (Å²) >= 11 is 12.0. The van der Waals surface area contributed by atoms with Crippen LogP contribution in [0.1, 0.15) is 26.3 Å². The van der Waals surface area contributed by atoms with Crippen molar-refractivity contribution in [3.8, 4) is 0 Å². The molecular weight excluding hydrogens is 371 g/mol. The molecular formula is C20H20Cl2N2O2. The van der Waals surface area contributed by atoms with Gasteiger partial charge in [-0.25, -0.2) is 0 Å². The van der Waals surface area contributed by atoms with Gasteiger partial charge in [-0.15, -0.1) is 0 Å². The molecule has 0 aliphatic heterocycles. The third kappa shape index (κ3) is 5.61. The summed E-state index contributed by atoms with van der Waals surface area (Å²) in [7, 11) is 0.